The average molecular weight is 281 g/mol. The second kappa shape index (κ2) is 5.89. The lowest BCUT2D eigenvalue weighted by Gasteiger charge is -2.08. The van der Waals surface area contributed by atoms with Gasteiger partial charge in [0.1, 0.15) is 0 Å². The van der Waals surface area contributed by atoms with Crippen LogP contribution in [0.15, 0.2) is 48.5 Å². The van der Waals surface area contributed by atoms with Gasteiger partial charge >= 0.3 is 0 Å². The first-order valence-corrected chi connectivity index (χ1v) is 6.09. The highest BCUT2D eigenvalue weighted by molar-refractivity contribution is 6.37. The summed E-state index contributed by atoms with van der Waals surface area (Å²) in [6.07, 6.45) is 0. The van der Waals surface area contributed by atoms with Gasteiger partial charge in [-0.05, 0) is 12.1 Å². The van der Waals surface area contributed by atoms with Crippen molar-refractivity contribution in [2.75, 3.05) is 6.61 Å². The van der Waals surface area contributed by atoms with Crippen molar-refractivity contribution in [3.8, 4) is 5.75 Å². The minimum absolute atomic E-state index is 0.0898. The lowest BCUT2D eigenvalue weighted by molar-refractivity contribution is 0.0922. The Morgan fingerprint density at radius 3 is 2.17 bits per heavy atom. The maximum atomic E-state index is 11.8. The highest BCUT2D eigenvalue weighted by atomic mass is 35.5. The largest absolute Gasteiger partial charge is 0.482 e. The van der Waals surface area contributed by atoms with Crippen LogP contribution < -0.4 is 4.74 Å². The van der Waals surface area contributed by atoms with E-state index in [0.717, 1.165) is 0 Å². The summed E-state index contributed by atoms with van der Waals surface area (Å²) in [5.41, 5.74) is 0.598. The topological polar surface area (TPSA) is 26.3 Å². The Hall–Kier alpha value is -1.51. The zero-order valence-corrected chi connectivity index (χ0v) is 10.9. The lowest BCUT2D eigenvalue weighted by Crippen LogP contribution is -2.11. The molecule has 0 aliphatic carbocycles. The monoisotopic (exact) mass is 280 g/mol. The van der Waals surface area contributed by atoms with Crippen molar-refractivity contribution in [2.45, 2.75) is 0 Å². The van der Waals surface area contributed by atoms with Gasteiger partial charge in [-0.3, -0.25) is 4.79 Å². The molecule has 0 saturated heterocycles. The van der Waals surface area contributed by atoms with Crippen molar-refractivity contribution in [2.24, 2.45) is 0 Å². The van der Waals surface area contributed by atoms with Gasteiger partial charge in [-0.1, -0.05) is 59.6 Å². The Bertz CT molecular complexity index is 533. The average Bonchev–Trinajstić information content (AvgIpc) is 2.39. The zero-order chi connectivity index (χ0) is 13.0. The third-order valence-electron chi connectivity index (χ3n) is 2.36. The fourth-order valence-corrected chi connectivity index (χ4v) is 1.97. The first kappa shape index (κ1) is 12.9. The molecule has 0 aromatic heterocycles. The Labute approximate surface area is 115 Å². The molecule has 2 aromatic rings. The Kier molecular flexibility index (Phi) is 4.24. The first-order chi connectivity index (χ1) is 8.68. The van der Waals surface area contributed by atoms with Crippen molar-refractivity contribution < 1.29 is 9.53 Å². The summed E-state index contributed by atoms with van der Waals surface area (Å²) in [5.74, 6) is 0.219. The van der Waals surface area contributed by atoms with E-state index in [-0.39, 0.29) is 12.4 Å². The van der Waals surface area contributed by atoms with Crippen molar-refractivity contribution in [1.82, 2.24) is 0 Å². The molecule has 2 rings (SSSR count). The van der Waals surface area contributed by atoms with Gasteiger partial charge in [0, 0.05) is 5.56 Å². The van der Waals surface area contributed by atoms with Crippen LogP contribution in [0.5, 0.6) is 5.75 Å². The molecule has 4 heteroatoms. The SMILES string of the molecule is O=C(COc1c(Cl)cccc1Cl)c1ccccc1. The summed E-state index contributed by atoms with van der Waals surface area (Å²) in [6.45, 7) is -0.0898. The number of hydrogen-bond acceptors (Lipinski definition) is 2. The van der Waals surface area contributed by atoms with Gasteiger partial charge in [-0.2, -0.15) is 0 Å². The molecule has 0 N–H and O–H groups in total. The number of ketones is 1. The minimum Gasteiger partial charge on any atom is -0.482 e. The van der Waals surface area contributed by atoms with E-state index in [2.05, 4.69) is 0 Å². The second-order valence-electron chi connectivity index (χ2n) is 3.63. The lowest BCUT2D eigenvalue weighted by atomic mass is 10.1. The van der Waals surface area contributed by atoms with Gasteiger partial charge in [0.05, 0.1) is 10.0 Å². The van der Waals surface area contributed by atoms with Gasteiger partial charge < -0.3 is 4.74 Å². The molecule has 0 fully saturated rings. The van der Waals surface area contributed by atoms with Crippen molar-refractivity contribution in [3.05, 3.63) is 64.1 Å². The summed E-state index contributed by atoms with van der Waals surface area (Å²) >= 11 is 11.9. The number of carbonyl (C=O) groups is 1. The molecule has 0 bridgehead atoms. The fraction of sp³-hybridized carbons (Fsp3) is 0.0714. The van der Waals surface area contributed by atoms with Crippen LogP contribution in [-0.4, -0.2) is 12.4 Å². The minimum atomic E-state index is -0.119. The number of hydrogen-bond donors (Lipinski definition) is 0. The van der Waals surface area contributed by atoms with E-state index in [4.69, 9.17) is 27.9 Å². The third-order valence-corrected chi connectivity index (χ3v) is 2.96. The van der Waals surface area contributed by atoms with Crippen LogP contribution in [0.3, 0.4) is 0 Å². The van der Waals surface area contributed by atoms with Gasteiger partial charge in [-0.15, -0.1) is 0 Å². The van der Waals surface area contributed by atoms with Crippen LogP contribution in [0.4, 0.5) is 0 Å². The van der Waals surface area contributed by atoms with E-state index in [1.165, 1.54) is 0 Å². The van der Waals surface area contributed by atoms with Gasteiger partial charge in [0.15, 0.2) is 18.1 Å². The first-order valence-electron chi connectivity index (χ1n) is 5.33. The molecule has 0 aliphatic heterocycles. The van der Waals surface area contributed by atoms with E-state index >= 15 is 0 Å². The number of benzene rings is 2. The smallest absolute Gasteiger partial charge is 0.200 e. The molecule has 0 spiro atoms. The van der Waals surface area contributed by atoms with Crippen LogP contribution in [0.25, 0.3) is 0 Å². The summed E-state index contributed by atoms with van der Waals surface area (Å²) < 4.78 is 5.37. The van der Waals surface area contributed by atoms with E-state index < -0.39 is 0 Å². The van der Waals surface area contributed by atoms with Crippen molar-refractivity contribution in [3.63, 3.8) is 0 Å². The summed E-state index contributed by atoms with van der Waals surface area (Å²) in [7, 11) is 0. The molecule has 0 amide bonds. The zero-order valence-electron chi connectivity index (χ0n) is 9.40. The van der Waals surface area contributed by atoms with Crippen LogP contribution in [-0.2, 0) is 0 Å². The van der Waals surface area contributed by atoms with Crippen molar-refractivity contribution >= 4 is 29.0 Å². The highest BCUT2D eigenvalue weighted by Gasteiger charge is 2.10. The van der Waals surface area contributed by atoms with E-state index in [1.54, 1.807) is 42.5 Å². The predicted octanol–water partition coefficient (Wildman–Crippen LogP) is 4.26. The fourth-order valence-electron chi connectivity index (χ4n) is 1.47. The van der Waals surface area contributed by atoms with E-state index in [0.29, 0.717) is 21.4 Å². The standard InChI is InChI=1S/C14H10Cl2O2/c15-11-7-4-8-12(16)14(11)18-9-13(17)10-5-2-1-3-6-10/h1-8H,9H2. The second-order valence-corrected chi connectivity index (χ2v) is 4.44. The summed E-state index contributed by atoms with van der Waals surface area (Å²) in [5, 5.41) is 0.784. The molecule has 0 atom stereocenters. The molecule has 2 nitrogen and oxygen atoms in total. The van der Waals surface area contributed by atoms with Crippen LogP contribution in [0.1, 0.15) is 10.4 Å². The molecule has 0 aliphatic rings. The van der Waals surface area contributed by atoms with Gasteiger partial charge in [-0.25, -0.2) is 0 Å². The van der Waals surface area contributed by atoms with Crippen LogP contribution >= 0.6 is 23.2 Å². The van der Waals surface area contributed by atoms with E-state index in [1.807, 2.05) is 6.07 Å². The number of carbonyl (C=O) groups excluding carboxylic acids is 1. The van der Waals surface area contributed by atoms with Gasteiger partial charge in [0.2, 0.25) is 0 Å². The molecular weight excluding hydrogens is 271 g/mol. The Morgan fingerprint density at radius 2 is 1.56 bits per heavy atom. The van der Waals surface area contributed by atoms with E-state index in [9.17, 15) is 4.79 Å². The highest BCUT2D eigenvalue weighted by Crippen LogP contribution is 2.32. The number of ether oxygens (including phenoxy) is 1. The maximum absolute atomic E-state index is 11.8. The molecule has 0 heterocycles. The Balaban J connectivity index is 2.07. The third kappa shape index (κ3) is 3.03. The number of Topliss-reactive ketones (excluding diaryl/α,β-unsaturated/α-hetero) is 1. The number of para-hydroxylation sites is 1. The number of rotatable bonds is 4. The molecule has 0 radical (unpaired) electrons. The van der Waals surface area contributed by atoms with Crippen LogP contribution in [0.2, 0.25) is 10.0 Å². The molecule has 92 valence electrons. The molecular formula is C14H10Cl2O2. The summed E-state index contributed by atoms with van der Waals surface area (Å²) in [6, 6.07) is 14.0. The maximum Gasteiger partial charge on any atom is 0.200 e. The number of halogens is 2. The molecule has 0 saturated carbocycles. The molecule has 0 unspecified atom stereocenters. The van der Waals surface area contributed by atoms with Crippen LogP contribution in [0, 0.1) is 0 Å². The Morgan fingerprint density at radius 1 is 0.944 bits per heavy atom. The predicted molar refractivity (Wildman–Crippen MR) is 72.7 cm³/mol. The molecule has 2 aromatic carbocycles. The summed E-state index contributed by atoms with van der Waals surface area (Å²) in [4.78, 5) is 11.8. The van der Waals surface area contributed by atoms with Gasteiger partial charge in [0.25, 0.3) is 0 Å². The van der Waals surface area contributed by atoms with Crippen molar-refractivity contribution in [1.29, 1.82) is 0 Å². The quantitative estimate of drug-likeness (QED) is 0.783. The molecule has 18 heavy (non-hydrogen) atoms. The normalized spacial score (nSPS) is 10.1.